The van der Waals surface area contributed by atoms with E-state index >= 15 is 0 Å². The molecule has 4 rings (SSSR count). The second-order valence-corrected chi connectivity index (χ2v) is 6.50. The van der Waals surface area contributed by atoms with Crippen LogP contribution in [-0.4, -0.2) is 34.0 Å². The average molecular weight is 388 g/mol. The number of carbonyl (C=O) groups excluding carboxylic acids is 1. The summed E-state index contributed by atoms with van der Waals surface area (Å²) in [5, 5.41) is 2.91. The second-order valence-electron chi connectivity index (χ2n) is 6.50. The molecular weight excluding hydrogens is 368 g/mol. The normalized spacial score (nSPS) is 10.7. The van der Waals surface area contributed by atoms with Crippen molar-refractivity contribution in [3.05, 3.63) is 72.7 Å². The number of nitrogens with one attached hydrogen (secondary N) is 1. The fourth-order valence-corrected chi connectivity index (χ4v) is 2.91. The lowest BCUT2D eigenvalue weighted by Crippen LogP contribution is -2.20. The highest BCUT2D eigenvalue weighted by molar-refractivity contribution is 5.93. The third-order valence-corrected chi connectivity index (χ3v) is 4.45. The molecule has 29 heavy (non-hydrogen) atoms. The Morgan fingerprint density at radius 2 is 2.00 bits per heavy atom. The summed E-state index contributed by atoms with van der Waals surface area (Å²) in [6, 6.07) is 14.8. The van der Waals surface area contributed by atoms with Crippen molar-refractivity contribution < 1.29 is 14.3 Å². The lowest BCUT2D eigenvalue weighted by atomic mass is 10.1. The molecule has 0 fully saturated rings. The van der Waals surface area contributed by atoms with Crippen LogP contribution in [0.4, 0.5) is 5.69 Å². The van der Waals surface area contributed by atoms with Gasteiger partial charge in [0.15, 0.2) is 6.61 Å². The van der Waals surface area contributed by atoms with E-state index in [1.807, 2.05) is 60.1 Å². The summed E-state index contributed by atoms with van der Waals surface area (Å²) in [7, 11) is 1.58. The van der Waals surface area contributed by atoms with Gasteiger partial charge in [-0.05, 0) is 36.8 Å². The van der Waals surface area contributed by atoms with Crippen LogP contribution in [0.1, 0.15) is 5.56 Å². The summed E-state index contributed by atoms with van der Waals surface area (Å²) in [5.74, 6) is 1.63. The Bertz CT molecular complexity index is 1140. The predicted molar refractivity (Wildman–Crippen MR) is 110 cm³/mol. The number of anilines is 1. The zero-order valence-electron chi connectivity index (χ0n) is 16.1. The number of methoxy groups -OCH3 is 1. The monoisotopic (exact) mass is 388 g/mol. The fourth-order valence-electron chi connectivity index (χ4n) is 2.91. The summed E-state index contributed by atoms with van der Waals surface area (Å²) < 4.78 is 12.6. The number of ether oxygens (including phenoxy) is 2. The van der Waals surface area contributed by atoms with Gasteiger partial charge in [-0.15, -0.1) is 0 Å². The van der Waals surface area contributed by atoms with Gasteiger partial charge in [0.05, 0.1) is 12.8 Å². The quantitative estimate of drug-likeness (QED) is 0.545. The number of carbonyl (C=O) groups is 1. The number of amides is 1. The van der Waals surface area contributed by atoms with Crippen molar-refractivity contribution >= 4 is 17.4 Å². The minimum atomic E-state index is -0.246. The van der Waals surface area contributed by atoms with Crippen LogP contribution in [0.5, 0.6) is 11.5 Å². The van der Waals surface area contributed by atoms with E-state index in [1.54, 1.807) is 25.4 Å². The number of imidazole rings is 1. The highest BCUT2D eigenvalue weighted by Gasteiger charge is 2.10. The molecule has 7 heteroatoms. The Labute approximate surface area is 168 Å². The van der Waals surface area contributed by atoms with E-state index in [4.69, 9.17) is 9.47 Å². The first kappa shape index (κ1) is 18.5. The second kappa shape index (κ2) is 8.02. The van der Waals surface area contributed by atoms with Gasteiger partial charge in [0.2, 0.25) is 5.78 Å². The number of benzene rings is 2. The zero-order chi connectivity index (χ0) is 20.2. The molecule has 2 heterocycles. The van der Waals surface area contributed by atoms with E-state index in [0.717, 1.165) is 16.8 Å². The van der Waals surface area contributed by atoms with Gasteiger partial charge in [-0.25, -0.2) is 9.97 Å². The van der Waals surface area contributed by atoms with E-state index in [-0.39, 0.29) is 12.5 Å². The fraction of sp³-hybridized carbons (Fsp3) is 0.136. The van der Waals surface area contributed by atoms with Gasteiger partial charge in [-0.1, -0.05) is 18.2 Å². The number of hydrogen-bond donors (Lipinski definition) is 1. The van der Waals surface area contributed by atoms with Crippen LogP contribution in [0.15, 0.2) is 67.1 Å². The highest BCUT2D eigenvalue weighted by Crippen LogP contribution is 2.25. The van der Waals surface area contributed by atoms with E-state index in [1.165, 1.54) is 0 Å². The van der Waals surface area contributed by atoms with Gasteiger partial charge in [-0.3, -0.25) is 9.20 Å². The van der Waals surface area contributed by atoms with Crippen molar-refractivity contribution in [1.82, 2.24) is 14.4 Å². The molecule has 0 aliphatic rings. The third kappa shape index (κ3) is 4.19. The first-order valence-electron chi connectivity index (χ1n) is 9.10. The summed E-state index contributed by atoms with van der Waals surface area (Å²) in [6.07, 6.45) is 5.51. The maximum Gasteiger partial charge on any atom is 0.262 e. The molecule has 0 bridgehead atoms. The molecular formula is C22H20N4O3. The number of nitrogens with zero attached hydrogens (tertiary/aromatic N) is 3. The minimum absolute atomic E-state index is 0.102. The largest absolute Gasteiger partial charge is 0.497 e. The molecule has 0 saturated carbocycles. The van der Waals surface area contributed by atoms with Crippen molar-refractivity contribution in [3.63, 3.8) is 0 Å². The molecule has 2 aromatic carbocycles. The first-order chi connectivity index (χ1) is 14.1. The number of aryl methyl sites for hydroxylation is 1. The lowest BCUT2D eigenvalue weighted by molar-refractivity contribution is -0.118. The van der Waals surface area contributed by atoms with Gasteiger partial charge in [-0.2, -0.15) is 0 Å². The number of fused-ring (bicyclic) bond motifs is 1. The van der Waals surface area contributed by atoms with Crippen LogP contribution in [0.25, 0.3) is 17.0 Å². The van der Waals surface area contributed by atoms with Crippen molar-refractivity contribution in [2.24, 2.45) is 0 Å². The van der Waals surface area contributed by atoms with Crippen LogP contribution in [-0.2, 0) is 4.79 Å². The van der Waals surface area contributed by atoms with E-state index in [2.05, 4.69) is 15.3 Å². The molecule has 1 N–H and O–H groups in total. The molecule has 4 aromatic rings. The lowest BCUT2D eigenvalue weighted by Gasteiger charge is -2.11. The SMILES string of the molecule is COc1cccc(OCC(=O)Nc2cc(-c3cn4cccnc4n3)ccc2C)c1. The third-order valence-electron chi connectivity index (χ3n) is 4.45. The Morgan fingerprint density at radius 3 is 2.83 bits per heavy atom. The molecule has 7 nitrogen and oxygen atoms in total. The summed E-state index contributed by atoms with van der Waals surface area (Å²) in [5.41, 5.74) is 3.34. The Hall–Kier alpha value is -3.87. The standard InChI is InChI=1S/C22H20N4O3/c1-15-7-8-16(20-13-26-10-4-9-23-22(26)25-20)11-19(15)24-21(27)14-29-18-6-3-5-17(12-18)28-2/h3-13H,14H2,1-2H3,(H,24,27). The Morgan fingerprint density at radius 1 is 1.14 bits per heavy atom. The van der Waals surface area contributed by atoms with Crippen molar-refractivity contribution in [1.29, 1.82) is 0 Å². The van der Waals surface area contributed by atoms with E-state index in [0.29, 0.717) is 23.0 Å². The molecule has 0 radical (unpaired) electrons. The van der Waals surface area contributed by atoms with Gasteiger partial charge in [0, 0.05) is 35.9 Å². The maximum absolute atomic E-state index is 12.4. The smallest absolute Gasteiger partial charge is 0.262 e. The molecule has 0 spiro atoms. The van der Waals surface area contributed by atoms with E-state index < -0.39 is 0 Å². The van der Waals surface area contributed by atoms with Crippen LogP contribution in [0.2, 0.25) is 0 Å². The van der Waals surface area contributed by atoms with Gasteiger partial charge < -0.3 is 14.8 Å². The van der Waals surface area contributed by atoms with Crippen LogP contribution in [0, 0.1) is 6.92 Å². The van der Waals surface area contributed by atoms with Crippen LogP contribution in [0.3, 0.4) is 0 Å². The molecule has 2 aromatic heterocycles. The molecule has 1 amide bonds. The first-order valence-corrected chi connectivity index (χ1v) is 9.10. The van der Waals surface area contributed by atoms with E-state index in [9.17, 15) is 4.79 Å². The minimum Gasteiger partial charge on any atom is -0.497 e. The molecule has 0 saturated heterocycles. The average Bonchev–Trinajstić information content (AvgIpc) is 3.18. The Balaban J connectivity index is 1.48. The van der Waals surface area contributed by atoms with Crippen molar-refractivity contribution in [2.75, 3.05) is 19.0 Å². The number of rotatable bonds is 6. The summed E-state index contributed by atoms with van der Waals surface area (Å²) in [6.45, 7) is 1.84. The number of hydrogen-bond acceptors (Lipinski definition) is 5. The molecule has 146 valence electrons. The molecule has 0 atom stereocenters. The van der Waals surface area contributed by atoms with Gasteiger partial charge >= 0.3 is 0 Å². The maximum atomic E-state index is 12.4. The summed E-state index contributed by atoms with van der Waals surface area (Å²) >= 11 is 0. The van der Waals surface area contributed by atoms with Gasteiger partial charge in [0.25, 0.3) is 5.91 Å². The molecule has 0 aliphatic carbocycles. The van der Waals surface area contributed by atoms with Gasteiger partial charge in [0.1, 0.15) is 11.5 Å². The predicted octanol–water partition coefficient (Wildman–Crippen LogP) is 3.73. The van der Waals surface area contributed by atoms with Crippen molar-refractivity contribution in [2.45, 2.75) is 6.92 Å². The van der Waals surface area contributed by atoms with Crippen LogP contribution < -0.4 is 14.8 Å². The highest BCUT2D eigenvalue weighted by atomic mass is 16.5. The summed E-state index contributed by atoms with van der Waals surface area (Å²) in [4.78, 5) is 21.1. The zero-order valence-corrected chi connectivity index (χ0v) is 16.1. The van der Waals surface area contributed by atoms with Crippen molar-refractivity contribution in [3.8, 4) is 22.8 Å². The Kier molecular flexibility index (Phi) is 5.11. The topological polar surface area (TPSA) is 77.8 Å². The molecule has 0 unspecified atom stereocenters. The van der Waals surface area contributed by atoms with Crippen LogP contribution >= 0.6 is 0 Å². The number of aromatic nitrogens is 3. The molecule has 0 aliphatic heterocycles.